The van der Waals surface area contributed by atoms with Crippen molar-refractivity contribution in [1.82, 2.24) is 10.3 Å². The summed E-state index contributed by atoms with van der Waals surface area (Å²) in [6, 6.07) is 7.81. The number of Topliss-reactive ketones (excluding diaryl/α,β-unsaturated/α-hetero) is 1. The SMILES string of the molecule is COc1ccc([C@H]2CC(=O)C[C@@H](Nc3nonc3N)C2)cc1. The Bertz CT molecular complexity index is 653. The number of nitrogen functional groups attached to an aromatic ring is 1. The molecule has 0 amide bonds. The van der Waals surface area contributed by atoms with Crippen LogP contribution in [-0.4, -0.2) is 29.2 Å². The van der Waals surface area contributed by atoms with E-state index in [9.17, 15) is 4.79 Å². The Balaban J connectivity index is 1.72. The summed E-state index contributed by atoms with van der Waals surface area (Å²) in [6.07, 6.45) is 1.83. The minimum Gasteiger partial charge on any atom is -0.497 e. The summed E-state index contributed by atoms with van der Waals surface area (Å²) in [5.41, 5.74) is 6.77. The number of nitrogens with one attached hydrogen (secondary N) is 1. The molecule has 2 atom stereocenters. The van der Waals surface area contributed by atoms with Crippen LogP contribution in [-0.2, 0) is 4.79 Å². The molecule has 0 radical (unpaired) electrons. The van der Waals surface area contributed by atoms with Crippen molar-refractivity contribution in [3.05, 3.63) is 29.8 Å². The van der Waals surface area contributed by atoms with Gasteiger partial charge in [-0.2, -0.15) is 0 Å². The number of rotatable bonds is 4. The number of carbonyl (C=O) groups excluding carboxylic acids is 1. The topological polar surface area (TPSA) is 103 Å². The van der Waals surface area contributed by atoms with Gasteiger partial charge in [0.25, 0.3) is 0 Å². The average molecular weight is 302 g/mol. The van der Waals surface area contributed by atoms with Crippen LogP contribution in [0.2, 0.25) is 0 Å². The van der Waals surface area contributed by atoms with Crippen LogP contribution in [0.25, 0.3) is 0 Å². The molecule has 1 aliphatic carbocycles. The molecule has 3 rings (SSSR count). The predicted octanol–water partition coefficient (Wildman–Crippen LogP) is 1.98. The summed E-state index contributed by atoms with van der Waals surface area (Å²) in [7, 11) is 1.63. The summed E-state index contributed by atoms with van der Waals surface area (Å²) >= 11 is 0. The Labute approximate surface area is 127 Å². The Morgan fingerprint density at radius 2 is 2.05 bits per heavy atom. The Kier molecular flexibility index (Phi) is 3.95. The van der Waals surface area contributed by atoms with E-state index in [0.717, 1.165) is 17.7 Å². The normalized spacial score (nSPS) is 21.6. The van der Waals surface area contributed by atoms with E-state index in [-0.39, 0.29) is 23.6 Å². The van der Waals surface area contributed by atoms with E-state index >= 15 is 0 Å². The average Bonchev–Trinajstić information content (AvgIpc) is 2.92. The van der Waals surface area contributed by atoms with E-state index in [4.69, 9.17) is 10.5 Å². The number of ketones is 1. The second kappa shape index (κ2) is 6.05. The molecule has 7 heteroatoms. The summed E-state index contributed by atoms with van der Waals surface area (Å²) in [6.45, 7) is 0. The van der Waals surface area contributed by atoms with Crippen LogP contribution in [0.3, 0.4) is 0 Å². The van der Waals surface area contributed by atoms with Crippen LogP contribution >= 0.6 is 0 Å². The summed E-state index contributed by atoms with van der Waals surface area (Å²) in [4.78, 5) is 12.0. The molecular weight excluding hydrogens is 284 g/mol. The van der Waals surface area contributed by atoms with Crippen molar-refractivity contribution in [2.45, 2.75) is 31.2 Å². The third kappa shape index (κ3) is 3.03. The molecule has 116 valence electrons. The molecule has 0 aliphatic heterocycles. The molecule has 0 bridgehead atoms. The van der Waals surface area contributed by atoms with E-state index in [0.29, 0.717) is 18.7 Å². The maximum absolute atomic E-state index is 12.0. The number of aromatic nitrogens is 2. The highest BCUT2D eigenvalue weighted by Crippen LogP contribution is 2.33. The van der Waals surface area contributed by atoms with E-state index in [1.807, 2.05) is 24.3 Å². The lowest BCUT2D eigenvalue weighted by Crippen LogP contribution is -2.31. The van der Waals surface area contributed by atoms with Crippen molar-refractivity contribution in [2.24, 2.45) is 0 Å². The van der Waals surface area contributed by atoms with Crippen LogP contribution < -0.4 is 15.8 Å². The van der Waals surface area contributed by atoms with Crippen molar-refractivity contribution in [3.63, 3.8) is 0 Å². The van der Waals surface area contributed by atoms with E-state index in [1.54, 1.807) is 7.11 Å². The van der Waals surface area contributed by atoms with Gasteiger partial charge in [-0.15, -0.1) is 0 Å². The largest absolute Gasteiger partial charge is 0.497 e. The van der Waals surface area contributed by atoms with Gasteiger partial charge in [0, 0.05) is 18.9 Å². The first-order chi connectivity index (χ1) is 10.7. The molecule has 1 heterocycles. The van der Waals surface area contributed by atoms with Gasteiger partial charge in [0.05, 0.1) is 7.11 Å². The van der Waals surface area contributed by atoms with Crippen LogP contribution in [0.5, 0.6) is 5.75 Å². The van der Waals surface area contributed by atoms with Gasteiger partial charge < -0.3 is 15.8 Å². The lowest BCUT2D eigenvalue weighted by atomic mass is 9.80. The third-order valence-electron chi connectivity index (χ3n) is 3.96. The molecule has 2 aromatic rings. The summed E-state index contributed by atoms with van der Waals surface area (Å²) < 4.78 is 9.73. The summed E-state index contributed by atoms with van der Waals surface area (Å²) in [5, 5.41) is 10.4. The third-order valence-corrected chi connectivity index (χ3v) is 3.96. The first kappa shape index (κ1) is 14.4. The smallest absolute Gasteiger partial charge is 0.215 e. The minimum absolute atomic E-state index is 0.0254. The first-order valence-corrected chi connectivity index (χ1v) is 7.16. The van der Waals surface area contributed by atoms with Gasteiger partial charge >= 0.3 is 0 Å². The van der Waals surface area contributed by atoms with Gasteiger partial charge in [-0.25, -0.2) is 4.63 Å². The first-order valence-electron chi connectivity index (χ1n) is 7.16. The number of ether oxygens (including phenoxy) is 1. The molecule has 22 heavy (non-hydrogen) atoms. The molecule has 3 N–H and O–H groups in total. The molecule has 1 fully saturated rings. The maximum atomic E-state index is 12.0. The molecule has 0 unspecified atom stereocenters. The zero-order valence-electron chi connectivity index (χ0n) is 12.3. The van der Waals surface area contributed by atoms with Crippen molar-refractivity contribution in [2.75, 3.05) is 18.2 Å². The molecule has 1 saturated carbocycles. The fourth-order valence-corrected chi connectivity index (χ4v) is 2.87. The minimum atomic E-state index is -0.0254. The van der Waals surface area contributed by atoms with Crippen molar-refractivity contribution < 1.29 is 14.2 Å². The molecule has 0 spiro atoms. The fraction of sp³-hybridized carbons (Fsp3) is 0.400. The number of carbonyl (C=O) groups is 1. The van der Waals surface area contributed by atoms with Gasteiger partial charge in [-0.05, 0) is 40.3 Å². The van der Waals surface area contributed by atoms with E-state index in [2.05, 4.69) is 20.3 Å². The van der Waals surface area contributed by atoms with Gasteiger partial charge in [-0.1, -0.05) is 12.1 Å². The molecule has 7 nitrogen and oxygen atoms in total. The monoisotopic (exact) mass is 302 g/mol. The number of nitrogens with two attached hydrogens (primary N) is 1. The van der Waals surface area contributed by atoms with Crippen molar-refractivity contribution >= 4 is 17.4 Å². The van der Waals surface area contributed by atoms with Crippen LogP contribution in [0, 0.1) is 0 Å². The zero-order valence-corrected chi connectivity index (χ0v) is 12.3. The number of hydrogen-bond donors (Lipinski definition) is 2. The highest BCUT2D eigenvalue weighted by molar-refractivity contribution is 5.81. The quantitative estimate of drug-likeness (QED) is 0.890. The lowest BCUT2D eigenvalue weighted by Gasteiger charge is -2.29. The predicted molar refractivity (Wildman–Crippen MR) is 80.7 cm³/mol. The second-order valence-electron chi connectivity index (χ2n) is 5.49. The Morgan fingerprint density at radius 1 is 1.27 bits per heavy atom. The molecule has 1 aromatic carbocycles. The highest BCUT2D eigenvalue weighted by Gasteiger charge is 2.29. The molecular formula is C15H18N4O3. The number of hydrogen-bond acceptors (Lipinski definition) is 7. The zero-order chi connectivity index (χ0) is 15.5. The van der Waals surface area contributed by atoms with Crippen LogP contribution in [0.1, 0.15) is 30.7 Å². The van der Waals surface area contributed by atoms with Crippen molar-refractivity contribution in [1.29, 1.82) is 0 Å². The number of anilines is 2. The van der Waals surface area contributed by atoms with E-state index in [1.165, 1.54) is 0 Å². The van der Waals surface area contributed by atoms with Gasteiger partial charge in [0.1, 0.15) is 11.5 Å². The summed E-state index contributed by atoms with van der Waals surface area (Å²) in [5.74, 6) is 1.81. The van der Waals surface area contributed by atoms with Gasteiger partial charge in [0.15, 0.2) is 0 Å². The van der Waals surface area contributed by atoms with Gasteiger partial charge in [0.2, 0.25) is 11.6 Å². The number of methoxy groups -OCH3 is 1. The maximum Gasteiger partial charge on any atom is 0.215 e. The lowest BCUT2D eigenvalue weighted by molar-refractivity contribution is -0.120. The van der Waals surface area contributed by atoms with E-state index < -0.39 is 0 Å². The molecule has 1 aliphatic rings. The Morgan fingerprint density at radius 3 is 2.68 bits per heavy atom. The molecule has 0 saturated heterocycles. The van der Waals surface area contributed by atoms with Crippen LogP contribution in [0.15, 0.2) is 28.9 Å². The standard InChI is InChI=1S/C15H18N4O3/c1-21-13-4-2-9(3-5-13)10-6-11(8-12(20)7-10)17-15-14(16)18-22-19-15/h2-5,10-11H,6-8H2,1H3,(H2,16,18)(H,17,19)/t10-,11+/m1/s1. The van der Waals surface area contributed by atoms with Gasteiger partial charge in [-0.3, -0.25) is 4.79 Å². The number of benzene rings is 1. The van der Waals surface area contributed by atoms with Crippen LogP contribution in [0.4, 0.5) is 11.6 Å². The second-order valence-corrected chi connectivity index (χ2v) is 5.49. The Hall–Kier alpha value is -2.57. The fourth-order valence-electron chi connectivity index (χ4n) is 2.87. The van der Waals surface area contributed by atoms with Crippen molar-refractivity contribution in [3.8, 4) is 5.75 Å². The molecule has 1 aromatic heterocycles. The number of nitrogens with zero attached hydrogens (tertiary/aromatic N) is 2. The highest BCUT2D eigenvalue weighted by atomic mass is 16.6.